The lowest BCUT2D eigenvalue weighted by Crippen LogP contribution is -2.18. The number of terminal acetylenes is 1. The smallest absolute Gasteiger partial charge is 0.228 e. The molecule has 1 fully saturated rings. The maximum atomic E-state index is 12.0. The third-order valence-electron chi connectivity index (χ3n) is 4.05. The van der Waals surface area contributed by atoms with Crippen molar-refractivity contribution in [1.82, 2.24) is 4.98 Å². The number of hydrogen-bond donors (Lipinski definition) is 2. The molecule has 0 atom stereocenters. The van der Waals surface area contributed by atoms with Crippen LogP contribution in [0.2, 0.25) is 0 Å². The molecule has 3 rings (SSSR count). The van der Waals surface area contributed by atoms with Gasteiger partial charge in [0.2, 0.25) is 11.8 Å². The number of carbonyl (C=O) groups excluding carboxylic acids is 2. The number of anilines is 2. The van der Waals surface area contributed by atoms with E-state index in [0.29, 0.717) is 37.2 Å². The second kappa shape index (κ2) is 6.79. The summed E-state index contributed by atoms with van der Waals surface area (Å²) in [6.45, 7) is 0. The fourth-order valence-electron chi connectivity index (χ4n) is 2.32. The lowest BCUT2D eigenvalue weighted by molar-refractivity contribution is -0.117. The first-order valence-electron chi connectivity index (χ1n) is 8.04. The van der Waals surface area contributed by atoms with Gasteiger partial charge in [-0.1, -0.05) is 0 Å². The number of rotatable bonds is 8. The summed E-state index contributed by atoms with van der Waals surface area (Å²) >= 11 is 0. The quantitative estimate of drug-likeness (QED) is 0.719. The lowest BCUT2D eigenvalue weighted by atomic mass is 10.0. The van der Waals surface area contributed by atoms with Crippen LogP contribution in [0.4, 0.5) is 11.5 Å². The molecule has 0 aromatic carbocycles. The van der Waals surface area contributed by atoms with Crippen molar-refractivity contribution < 1.29 is 9.59 Å². The van der Waals surface area contributed by atoms with Crippen molar-refractivity contribution in [3.05, 3.63) is 18.3 Å². The zero-order valence-electron chi connectivity index (χ0n) is 13.3. The number of nitrogens with zero attached hydrogens (tertiary/aromatic N) is 3. The van der Waals surface area contributed by atoms with Crippen LogP contribution in [0.1, 0.15) is 38.5 Å². The van der Waals surface area contributed by atoms with Gasteiger partial charge in [0.25, 0.3) is 0 Å². The first-order valence-corrected chi connectivity index (χ1v) is 8.04. The Balaban J connectivity index is 1.43. The minimum Gasteiger partial charge on any atom is -0.325 e. The summed E-state index contributed by atoms with van der Waals surface area (Å²) in [5.74, 6) is 3.07. The number of pyridine rings is 1. The zero-order valence-corrected chi connectivity index (χ0v) is 13.3. The van der Waals surface area contributed by atoms with Crippen molar-refractivity contribution in [3.63, 3.8) is 0 Å². The molecule has 1 aliphatic carbocycles. The van der Waals surface area contributed by atoms with E-state index < -0.39 is 5.66 Å². The van der Waals surface area contributed by atoms with Gasteiger partial charge in [0.1, 0.15) is 5.82 Å². The van der Waals surface area contributed by atoms with Gasteiger partial charge < -0.3 is 10.6 Å². The molecule has 0 spiro atoms. The van der Waals surface area contributed by atoms with Crippen molar-refractivity contribution in [2.24, 2.45) is 16.1 Å². The van der Waals surface area contributed by atoms with Crippen LogP contribution in [0, 0.1) is 18.3 Å². The summed E-state index contributed by atoms with van der Waals surface area (Å²) in [6, 6.07) is 3.39. The van der Waals surface area contributed by atoms with Crippen molar-refractivity contribution >= 4 is 23.3 Å². The average molecular weight is 325 g/mol. The van der Waals surface area contributed by atoms with Gasteiger partial charge in [0.15, 0.2) is 5.66 Å². The maximum Gasteiger partial charge on any atom is 0.228 e. The van der Waals surface area contributed by atoms with Crippen molar-refractivity contribution in [2.75, 3.05) is 10.6 Å². The van der Waals surface area contributed by atoms with Crippen LogP contribution in [-0.2, 0) is 9.59 Å². The second-order valence-corrected chi connectivity index (χ2v) is 6.13. The topological polar surface area (TPSA) is 95.8 Å². The standard InChI is InChI=1S/C17H19N5O2/c1-2-3-9-17(21-22-17)10-8-15(23)19-13-6-7-14(18-11-13)20-16(24)12-4-5-12/h1,6-7,11-12H,3-5,8-10H2,(H,19,23)(H,18,20,24). The van der Waals surface area contributed by atoms with Crippen LogP contribution in [0.25, 0.3) is 0 Å². The van der Waals surface area contributed by atoms with Gasteiger partial charge in [0.05, 0.1) is 11.9 Å². The number of nitrogens with one attached hydrogen (secondary N) is 2. The highest BCUT2D eigenvalue weighted by Gasteiger charge is 2.39. The third kappa shape index (κ3) is 4.38. The molecule has 0 radical (unpaired) electrons. The van der Waals surface area contributed by atoms with Gasteiger partial charge in [-0.3, -0.25) is 9.59 Å². The minimum atomic E-state index is -0.446. The fraction of sp³-hybridized carbons (Fsp3) is 0.471. The van der Waals surface area contributed by atoms with Crippen molar-refractivity contribution in [3.8, 4) is 12.3 Å². The van der Waals surface area contributed by atoms with Gasteiger partial charge in [-0.25, -0.2) is 4.98 Å². The van der Waals surface area contributed by atoms with Crippen molar-refractivity contribution in [2.45, 2.75) is 44.2 Å². The Hall–Kier alpha value is -2.75. The average Bonchev–Trinajstić information content (AvgIpc) is 3.47. The van der Waals surface area contributed by atoms with Gasteiger partial charge in [-0.15, -0.1) is 12.3 Å². The molecule has 2 N–H and O–H groups in total. The molecule has 7 nitrogen and oxygen atoms in total. The number of hydrogen-bond acceptors (Lipinski definition) is 5. The molecule has 0 bridgehead atoms. The molecule has 1 saturated carbocycles. The minimum absolute atomic E-state index is 0.00786. The highest BCUT2D eigenvalue weighted by Crippen LogP contribution is 2.37. The van der Waals surface area contributed by atoms with Crippen molar-refractivity contribution in [1.29, 1.82) is 0 Å². The summed E-state index contributed by atoms with van der Waals surface area (Å²) < 4.78 is 0. The molecule has 7 heteroatoms. The van der Waals surface area contributed by atoms with Crippen LogP contribution < -0.4 is 10.6 Å². The highest BCUT2D eigenvalue weighted by molar-refractivity contribution is 5.94. The Morgan fingerprint density at radius 1 is 1.25 bits per heavy atom. The Morgan fingerprint density at radius 2 is 2.04 bits per heavy atom. The molecule has 2 heterocycles. The van der Waals surface area contributed by atoms with E-state index in [-0.39, 0.29) is 17.7 Å². The second-order valence-electron chi connectivity index (χ2n) is 6.13. The zero-order chi connectivity index (χ0) is 17.0. The maximum absolute atomic E-state index is 12.0. The summed E-state index contributed by atoms with van der Waals surface area (Å²) in [5.41, 5.74) is 0.144. The van der Waals surface area contributed by atoms with E-state index in [0.717, 1.165) is 12.8 Å². The predicted molar refractivity (Wildman–Crippen MR) is 89.1 cm³/mol. The first-order chi connectivity index (χ1) is 11.6. The Kier molecular flexibility index (Phi) is 4.56. The molecular formula is C17H19N5O2. The van der Waals surface area contributed by atoms with E-state index >= 15 is 0 Å². The van der Waals surface area contributed by atoms with E-state index in [1.165, 1.54) is 6.20 Å². The summed E-state index contributed by atoms with van der Waals surface area (Å²) in [7, 11) is 0. The van der Waals surface area contributed by atoms with Crippen LogP contribution >= 0.6 is 0 Å². The molecule has 0 unspecified atom stereocenters. The highest BCUT2D eigenvalue weighted by atomic mass is 16.2. The van der Waals surface area contributed by atoms with E-state index in [4.69, 9.17) is 6.42 Å². The molecule has 24 heavy (non-hydrogen) atoms. The van der Waals surface area contributed by atoms with Crippen LogP contribution in [0.15, 0.2) is 28.6 Å². The van der Waals surface area contributed by atoms with Gasteiger partial charge in [-0.2, -0.15) is 10.2 Å². The molecule has 2 amide bonds. The Labute approximate surface area is 140 Å². The number of aromatic nitrogens is 1. The molecule has 0 saturated heterocycles. The van der Waals surface area contributed by atoms with Gasteiger partial charge in [0, 0.05) is 31.6 Å². The first kappa shape index (κ1) is 16.1. The predicted octanol–water partition coefficient (Wildman–Crippen LogP) is 2.72. The van der Waals surface area contributed by atoms with E-state index in [9.17, 15) is 9.59 Å². The normalized spacial score (nSPS) is 17.0. The van der Waals surface area contributed by atoms with Crippen LogP contribution in [-0.4, -0.2) is 22.5 Å². The summed E-state index contributed by atoms with van der Waals surface area (Å²) in [6.07, 6.45) is 10.8. The number of carbonyl (C=O) groups is 2. The molecule has 124 valence electrons. The molecule has 1 aromatic rings. The lowest BCUT2D eigenvalue weighted by Gasteiger charge is -2.09. The van der Waals surface area contributed by atoms with E-state index in [2.05, 4.69) is 31.8 Å². The van der Waals surface area contributed by atoms with E-state index in [1.54, 1.807) is 12.1 Å². The number of amides is 2. The monoisotopic (exact) mass is 325 g/mol. The molecule has 2 aliphatic rings. The third-order valence-corrected chi connectivity index (χ3v) is 4.05. The Morgan fingerprint density at radius 3 is 2.62 bits per heavy atom. The van der Waals surface area contributed by atoms with Gasteiger partial charge >= 0.3 is 0 Å². The van der Waals surface area contributed by atoms with Crippen LogP contribution in [0.5, 0.6) is 0 Å². The SMILES string of the molecule is C#CCCC1(CCC(=O)Nc2ccc(NC(=O)C3CC3)nc2)N=N1. The molecule has 1 aliphatic heterocycles. The van der Waals surface area contributed by atoms with E-state index in [1.807, 2.05) is 0 Å². The fourth-order valence-corrected chi connectivity index (χ4v) is 2.32. The van der Waals surface area contributed by atoms with Crippen LogP contribution in [0.3, 0.4) is 0 Å². The largest absolute Gasteiger partial charge is 0.325 e. The molecular weight excluding hydrogens is 306 g/mol. The summed E-state index contributed by atoms with van der Waals surface area (Å²) in [4.78, 5) is 27.8. The Bertz CT molecular complexity index is 695. The molecule has 1 aromatic heterocycles. The van der Waals surface area contributed by atoms with Gasteiger partial charge in [-0.05, 0) is 25.0 Å². The summed E-state index contributed by atoms with van der Waals surface area (Å²) in [5, 5.41) is 13.5.